The maximum atomic E-state index is 13.2. The van der Waals surface area contributed by atoms with Gasteiger partial charge in [-0.05, 0) is 35.9 Å². The van der Waals surface area contributed by atoms with E-state index < -0.39 is 5.66 Å². The van der Waals surface area contributed by atoms with Gasteiger partial charge >= 0.3 is 0 Å². The van der Waals surface area contributed by atoms with Crippen molar-refractivity contribution in [1.29, 1.82) is 0 Å². The number of benzene rings is 2. The summed E-state index contributed by atoms with van der Waals surface area (Å²) in [4.78, 5) is 14.0. The maximum Gasteiger partial charge on any atom is 0.229 e. The highest BCUT2D eigenvalue weighted by Crippen LogP contribution is 2.52. The first-order valence-electron chi connectivity index (χ1n) is 7.19. The van der Waals surface area contributed by atoms with E-state index in [1.165, 1.54) is 24.3 Å². The average Bonchev–Trinajstić information content (AvgIpc) is 3.03. The van der Waals surface area contributed by atoms with Gasteiger partial charge in [-0.2, -0.15) is 0 Å². The van der Waals surface area contributed by atoms with Crippen LogP contribution in [-0.2, 0) is 10.5 Å². The summed E-state index contributed by atoms with van der Waals surface area (Å²) in [7, 11) is 0. The Bertz CT molecular complexity index is 794. The summed E-state index contributed by atoms with van der Waals surface area (Å²) in [5, 5.41) is 23.2. The maximum absolute atomic E-state index is 13.2. The molecule has 7 heteroatoms. The van der Waals surface area contributed by atoms with Gasteiger partial charge in [-0.3, -0.25) is 14.9 Å². The molecule has 2 heterocycles. The van der Waals surface area contributed by atoms with Crippen molar-refractivity contribution < 1.29 is 14.4 Å². The van der Waals surface area contributed by atoms with Crippen molar-refractivity contribution in [1.82, 2.24) is 0 Å². The molecular weight excluding hydrogens is 301 g/mol. The second-order valence-corrected chi connectivity index (χ2v) is 5.70. The van der Waals surface area contributed by atoms with Crippen LogP contribution < -0.4 is 15.4 Å². The van der Waals surface area contributed by atoms with Crippen molar-refractivity contribution in [3.8, 4) is 0 Å². The number of fused-ring (bicyclic) bond motifs is 3. The molecule has 2 N–H and O–H groups in total. The third-order valence-corrected chi connectivity index (χ3v) is 4.44. The molecule has 0 bridgehead atoms. The Balaban J connectivity index is 1.85. The zero-order valence-electron chi connectivity index (χ0n) is 12.0. The summed E-state index contributed by atoms with van der Waals surface area (Å²) in [6, 6.07) is 10.5. The second kappa shape index (κ2) is 4.68. The number of anilines is 3. The lowest BCUT2D eigenvalue weighted by molar-refractivity contribution is -0.117. The lowest BCUT2D eigenvalue weighted by atomic mass is 9.97. The average molecular weight is 314 g/mol. The fraction of sp³-hybridized carbons (Fsp3) is 0.188. The van der Waals surface area contributed by atoms with E-state index in [2.05, 4.69) is 5.32 Å². The SMILES string of the molecule is O=C1CCC2(c3ccc(F)cc3)Nc3cc(N([O-])O)ccc3N12. The van der Waals surface area contributed by atoms with Gasteiger partial charge in [0.2, 0.25) is 5.91 Å². The Hall–Kier alpha value is -2.64. The number of nitrogens with zero attached hydrogens (tertiary/aromatic N) is 2. The molecule has 0 aliphatic carbocycles. The minimum Gasteiger partial charge on any atom is -0.733 e. The van der Waals surface area contributed by atoms with Crippen molar-refractivity contribution >= 4 is 23.0 Å². The highest BCUT2D eigenvalue weighted by molar-refractivity contribution is 6.04. The van der Waals surface area contributed by atoms with Crippen LogP contribution in [-0.4, -0.2) is 11.1 Å². The van der Waals surface area contributed by atoms with Gasteiger partial charge < -0.3 is 15.8 Å². The van der Waals surface area contributed by atoms with Crippen LogP contribution in [0, 0.1) is 11.0 Å². The molecule has 1 fully saturated rings. The number of rotatable bonds is 2. The predicted molar refractivity (Wildman–Crippen MR) is 82.5 cm³/mol. The van der Waals surface area contributed by atoms with Gasteiger partial charge in [0.05, 0.1) is 17.1 Å². The Morgan fingerprint density at radius 1 is 1.26 bits per heavy atom. The third kappa shape index (κ3) is 1.90. The van der Waals surface area contributed by atoms with Crippen LogP contribution in [0.4, 0.5) is 21.5 Å². The van der Waals surface area contributed by atoms with Crippen LogP contribution in [0.5, 0.6) is 0 Å². The van der Waals surface area contributed by atoms with Gasteiger partial charge in [0.25, 0.3) is 0 Å². The molecule has 0 spiro atoms. The highest BCUT2D eigenvalue weighted by atomic mass is 19.1. The van der Waals surface area contributed by atoms with Crippen LogP contribution in [0.3, 0.4) is 0 Å². The van der Waals surface area contributed by atoms with Crippen LogP contribution in [0.1, 0.15) is 18.4 Å². The topological polar surface area (TPSA) is 78.9 Å². The lowest BCUT2D eigenvalue weighted by Gasteiger charge is -2.33. The molecular formula is C16H13FN3O3-. The molecule has 2 aromatic carbocycles. The molecule has 0 saturated carbocycles. The Morgan fingerprint density at radius 2 is 2.00 bits per heavy atom. The smallest absolute Gasteiger partial charge is 0.229 e. The zero-order chi connectivity index (χ0) is 16.2. The van der Waals surface area contributed by atoms with Crippen LogP contribution in [0.2, 0.25) is 0 Å². The van der Waals surface area contributed by atoms with E-state index in [1.54, 1.807) is 23.1 Å². The van der Waals surface area contributed by atoms with Crippen molar-refractivity contribution in [3.05, 3.63) is 59.1 Å². The fourth-order valence-corrected chi connectivity index (χ4v) is 3.41. The quantitative estimate of drug-likeness (QED) is 0.833. The van der Waals surface area contributed by atoms with Gasteiger partial charge in [0.1, 0.15) is 11.5 Å². The van der Waals surface area contributed by atoms with Gasteiger partial charge in [0.15, 0.2) is 0 Å². The molecule has 6 nitrogen and oxygen atoms in total. The summed E-state index contributed by atoms with van der Waals surface area (Å²) in [5.74, 6) is -0.391. The summed E-state index contributed by atoms with van der Waals surface area (Å²) in [6.07, 6.45) is 0.904. The zero-order valence-corrected chi connectivity index (χ0v) is 12.0. The van der Waals surface area contributed by atoms with Gasteiger partial charge in [-0.15, -0.1) is 0 Å². The standard InChI is InChI=1S/C16H13FN3O3/c17-11-3-1-10(2-4-11)16-8-7-15(21)19(16)14-6-5-12(20(22)23)9-13(14)18-16/h1-6,9,18,22H,7-8H2/q-1. The Morgan fingerprint density at radius 3 is 2.70 bits per heavy atom. The van der Waals surface area contributed by atoms with E-state index in [0.29, 0.717) is 24.2 Å². The fourth-order valence-electron chi connectivity index (χ4n) is 3.41. The van der Waals surface area contributed by atoms with E-state index in [1.807, 2.05) is 0 Å². The molecule has 2 aliphatic heterocycles. The number of halogens is 1. The Labute approximate surface area is 131 Å². The molecule has 2 aromatic rings. The predicted octanol–water partition coefficient (Wildman–Crippen LogP) is 2.92. The number of carbonyl (C=O) groups is 1. The van der Waals surface area contributed by atoms with Crippen molar-refractivity contribution in [3.63, 3.8) is 0 Å². The third-order valence-electron chi connectivity index (χ3n) is 4.44. The molecule has 1 atom stereocenters. The molecule has 118 valence electrons. The molecule has 0 radical (unpaired) electrons. The molecule has 4 rings (SSSR count). The summed E-state index contributed by atoms with van der Waals surface area (Å²) >= 11 is 0. The summed E-state index contributed by atoms with van der Waals surface area (Å²) in [5.41, 5.74) is 1.27. The number of hydrogen-bond donors (Lipinski definition) is 2. The molecule has 1 amide bonds. The highest BCUT2D eigenvalue weighted by Gasteiger charge is 2.52. The normalized spacial score (nSPS) is 21.9. The van der Waals surface area contributed by atoms with E-state index in [0.717, 1.165) is 5.56 Å². The van der Waals surface area contributed by atoms with Crippen LogP contribution in [0.25, 0.3) is 0 Å². The van der Waals surface area contributed by atoms with Gasteiger partial charge in [0, 0.05) is 12.8 Å². The first kappa shape index (κ1) is 14.0. The lowest BCUT2D eigenvalue weighted by Crippen LogP contribution is -2.44. The largest absolute Gasteiger partial charge is 0.733 e. The minimum atomic E-state index is -0.783. The van der Waals surface area contributed by atoms with E-state index in [9.17, 15) is 14.4 Å². The minimum absolute atomic E-state index is 0.0451. The first-order chi connectivity index (χ1) is 11.0. The van der Waals surface area contributed by atoms with Crippen molar-refractivity contribution in [2.45, 2.75) is 18.5 Å². The number of nitrogens with one attached hydrogen (secondary N) is 1. The number of amides is 1. The molecule has 1 unspecified atom stereocenters. The van der Waals surface area contributed by atoms with E-state index in [4.69, 9.17) is 5.21 Å². The second-order valence-electron chi connectivity index (χ2n) is 5.70. The van der Waals surface area contributed by atoms with E-state index >= 15 is 0 Å². The first-order valence-corrected chi connectivity index (χ1v) is 7.19. The summed E-state index contributed by atoms with van der Waals surface area (Å²) < 4.78 is 13.2. The Kier molecular flexibility index (Phi) is 2.84. The van der Waals surface area contributed by atoms with Crippen LogP contribution in [0.15, 0.2) is 42.5 Å². The monoisotopic (exact) mass is 314 g/mol. The molecule has 2 aliphatic rings. The number of hydrogen-bond acceptors (Lipinski definition) is 5. The van der Waals surface area contributed by atoms with Crippen LogP contribution >= 0.6 is 0 Å². The van der Waals surface area contributed by atoms with Crippen molar-refractivity contribution in [2.75, 3.05) is 15.4 Å². The summed E-state index contributed by atoms with van der Waals surface area (Å²) in [6.45, 7) is 0. The van der Waals surface area contributed by atoms with E-state index in [-0.39, 0.29) is 22.6 Å². The molecule has 0 aromatic heterocycles. The number of carbonyl (C=O) groups excluding carboxylic acids is 1. The van der Waals surface area contributed by atoms with Gasteiger partial charge in [-0.1, -0.05) is 12.1 Å². The van der Waals surface area contributed by atoms with Crippen molar-refractivity contribution in [2.24, 2.45) is 0 Å². The molecule has 1 saturated heterocycles. The van der Waals surface area contributed by atoms with Gasteiger partial charge in [-0.25, -0.2) is 4.39 Å². The molecule has 23 heavy (non-hydrogen) atoms.